The van der Waals surface area contributed by atoms with Crippen molar-refractivity contribution in [3.05, 3.63) is 51.9 Å². The van der Waals surface area contributed by atoms with E-state index in [2.05, 4.69) is 10.6 Å². The SMILES string of the molecule is CCOC(=O)c1ccsc1NC(=O)CN[C@H](C)c1ccc(Cl)cc1. The van der Waals surface area contributed by atoms with Gasteiger partial charge >= 0.3 is 5.97 Å². The first kappa shape index (κ1) is 18.4. The molecule has 1 aromatic heterocycles. The number of anilines is 1. The van der Waals surface area contributed by atoms with Crippen LogP contribution in [-0.2, 0) is 9.53 Å². The number of carbonyl (C=O) groups excluding carboxylic acids is 2. The van der Waals surface area contributed by atoms with Crippen LogP contribution in [0.2, 0.25) is 5.02 Å². The largest absolute Gasteiger partial charge is 0.462 e. The van der Waals surface area contributed by atoms with Gasteiger partial charge in [0, 0.05) is 11.1 Å². The quantitative estimate of drug-likeness (QED) is 0.730. The summed E-state index contributed by atoms with van der Waals surface area (Å²) in [6.45, 7) is 4.13. The maximum Gasteiger partial charge on any atom is 0.341 e. The number of esters is 1. The third-order valence-corrected chi connectivity index (χ3v) is 4.43. The van der Waals surface area contributed by atoms with Crippen molar-refractivity contribution in [2.24, 2.45) is 0 Å². The van der Waals surface area contributed by atoms with Crippen molar-refractivity contribution in [2.75, 3.05) is 18.5 Å². The lowest BCUT2D eigenvalue weighted by molar-refractivity contribution is -0.115. The Morgan fingerprint density at radius 3 is 2.62 bits per heavy atom. The van der Waals surface area contributed by atoms with Crippen LogP contribution in [0.4, 0.5) is 5.00 Å². The molecule has 24 heavy (non-hydrogen) atoms. The molecule has 0 fully saturated rings. The molecule has 2 aromatic rings. The van der Waals surface area contributed by atoms with Crippen LogP contribution in [0.1, 0.15) is 35.8 Å². The van der Waals surface area contributed by atoms with Crippen molar-refractivity contribution in [1.29, 1.82) is 0 Å². The van der Waals surface area contributed by atoms with Gasteiger partial charge in [-0.05, 0) is 43.0 Å². The number of halogens is 1. The third-order valence-electron chi connectivity index (χ3n) is 3.35. The van der Waals surface area contributed by atoms with E-state index in [1.54, 1.807) is 18.4 Å². The van der Waals surface area contributed by atoms with Crippen LogP contribution in [0, 0.1) is 0 Å². The zero-order valence-corrected chi connectivity index (χ0v) is 15.0. The second kappa shape index (κ2) is 8.82. The van der Waals surface area contributed by atoms with Gasteiger partial charge in [0.25, 0.3) is 0 Å². The molecule has 0 spiro atoms. The minimum atomic E-state index is -0.434. The van der Waals surface area contributed by atoms with Crippen LogP contribution in [-0.4, -0.2) is 25.0 Å². The molecule has 0 saturated heterocycles. The molecule has 1 heterocycles. The summed E-state index contributed by atoms with van der Waals surface area (Å²) < 4.78 is 4.96. The van der Waals surface area contributed by atoms with Gasteiger partial charge in [0.05, 0.1) is 18.7 Å². The summed E-state index contributed by atoms with van der Waals surface area (Å²) in [7, 11) is 0. The zero-order chi connectivity index (χ0) is 17.5. The normalized spacial score (nSPS) is 11.8. The Balaban J connectivity index is 1.89. The zero-order valence-electron chi connectivity index (χ0n) is 13.5. The number of rotatable bonds is 7. The Kier molecular flexibility index (Phi) is 6.78. The monoisotopic (exact) mass is 366 g/mol. The van der Waals surface area contributed by atoms with E-state index in [-0.39, 0.29) is 18.5 Å². The van der Waals surface area contributed by atoms with Crippen molar-refractivity contribution < 1.29 is 14.3 Å². The molecule has 0 saturated carbocycles. The standard InChI is InChI=1S/C17H19ClN2O3S/c1-3-23-17(22)14-8-9-24-16(14)20-15(21)10-19-11(2)12-4-6-13(18)7-5-12/h4-9,11,19H,3,10H2,1-2H3,(H,20,21)/t11-/m1/s1. The predicted octanol–water partition coefficient (Wildman–Crippen LogP) is 3.87. The van der Waals surface area contributed by atoms with Crippen LogP contribution in [0.15, 0.2) is 35.7 Å². The van der Waals surface area contributed by atoms with E-state index < -0.39 is 5.97 Å². The van der Waals surface area contributed by atoms with E-state index in [1.165, 1.54) is 11.3 Å². The lowest BCUT2D eigenvalue weighted by Gasteiger charge is -2.14. The van der Waals surface area contributed by atoms with E-state index in [4.69, 9.17) is 16.3 Å². The molecule has 1 aromatic carbocycles. The molecule has 1 amide bonds. The Bertz CT molecular complexity index is 700. The number of thiophene rings is 1. The maximum atomic E-state index is 12.1. The average Bonchev–Trinajstić information content (AvgIpc) is 3.01. The summed E-state index contributed by atoms with van der Waals surface area (Å²) in [5.74, 6) is -0.652. The molecule has 0 aliphatic heterocycles. The third kappa shape index (κ3) is 5.06. The van der Waals surface area contributed by atoms with E-state index in [0.29, 0.717) is 22.2 Å². The van der Waals surface area contributed by atoms with Gasteiger partial charge in [0.1, 0.15) is 5.00 Å². The molecule has 2 N–H and O–H groups in total. The van der Waals surface area contributed by atoms with Crippen molar-refractivity contribution in [1.82, 2.24) is 5.32 Å². The highest BCUT2D eigenvalue weighted by Gasteiger charge is 2.16. The molecule has 7 heteroatoms. The number of benzene rings is 1. The van der Waals surface area contributed by atoms with E-state index in [0.717, 1.165) is 5.56 Å². The van der Waals surface area contributed by atoms with Gasteiger partial charge in [-0.3, -0.25) is 4.79 Å². The predicted molar refractivity (Wildman–Crippen MR) is 96.8 cm³/mol. The Morgan fingerprint density at radius 1 is 1.25 bits per heavy atom. The van der Waals surface area contributed by atoms with Gasteiger partial charge in [0.15, 0.2) is 0 Å². The summed E-state index contributed by atoms with van der Waals surface area (Å²) in [6.07, 6.45) is 0. The first-order valence-corrected chi connectivity index (χ1v) is 8.80. The van der Waals surface area contributed by atoms with Crippen molar-refractivity contribution >= 4 is 39.8 Å². The molecule has 0 radical (unpaired) electrons. The van der Waals surface area contributed by atoms with Gasteiger partial charge in [-0.15, -0.1) is 11.3 Å². The fourth-order valence-corrected chi connectivity index (χ4v) is 2.98. The molecule has 1 atom stereocenters. The number of carbonyl (C=O) groups is 2. The smallest absolute Gasteiger partial charge is 0.341 e. The first-order chi connectivity index (χ1) is 11.5. The van der Waals surface area contributed by atoms with Crippen LogP contribution < -0.4 is 10.6 Å². The number of amides is 1. The summed E-state index contributed by atoms with van der Waals surface area (Å²) in [6, 6.07) is 9.09. The Labute approximate surface area is 150 Å². The fourth-order valence-electron chi connectivity index (χ4n) is 2.06. The number of nitrogens with one attached hydrogen (secondary N) is 2. The highest BCUT2D eigenvalue weighted by atomic mass is 35.5. The van der Waals surface area contributed by atoms with Crippen LogP contribution >= 0.6 is 22.9 Å². The second-order valence-corrected chi connectivity index (χ2v) is 6.44. The van der Waals surface area contributed by atoms with Crippen molar-refractivity contribution in [2.45, 2.75) is 19.9 Å². The molecule has 0 bridgehead atoms. The summed E-state index contributed by atoms with van der Waals surface area (Å²) in [4.78, 5) is 23.9. The second-order valence-electron chi connectivity index (χ2n) is 5.09. The van der Waals surface area contributed by atoms with Gasteiger partial charge < -0.3 is 15.4 Å². The van der Waals surface area contributed by atoms with Gasteiger partial charge in [0.2, 0.25) is 5.91 Å². The van der Waals surface area contributed by atoms with Crippen molar-refractivity contribution in [3.63, 3.8) is 0 Å². The Morgan fingerprint density at radius 2 is 1.96 bits per heavy atom. The summed E-state index contributed by atoms with van der Waals surface area (Å²) in [5, 5.41) is 8.79. The van der Waals surface area contributed by atoms with Gasteiger partial charge in [-0.1, -0.05) is 23.7 Å². The van der Waals surface area contributed by atoms with E-state index >= 15 is 0 Å². The lowest BCUT2D eigenvalue weighted by Crippen LogP contribution is -2.30. The molecule has 0 aliphatic carbocycles. The van der Waals surface area contributed by atoms with Gasteiger partial charge in [-0.25, -0.2) is 4.79 Å². The molecule has 0 unspecified atom stereocenters. The maximum absolute atomic E-state index is 12.1. The van der Waals surface area contributed by atoms with Crippen LogP contribution in [0.3, 0.4) is 0 Å². The van der Waals surface area contributed by atoms with Gasteiger partial charge in [-0.2, -0.15) is 0 Å². The highest BCUT2D eigenvalue weighted by Crippen LogP contribution is 2.24. The van der Waals surface area contributed by atoms with Crippen LogP contribution in [0.5, 0.6) is 0 Å². The summed E-state index contributed by atoms with van der Waals surface area (Å²) >= 11 is 7.15. The summed E-state index contributed by atoms with van der Waals surface area (Å²) in [5.41, 5.74) is 1.41. The van der Waals surface area contributed by atoms with Crippen LogP contribution in [0.25, 0.3) is 0 Å². The topological polar surface area (TPSA) is 67.4 Å². The average molecular weight is 367 g/mol. The minimum absolute atomic E-state index is 0.000814. The molecule has 0 aliphatic rings. The van der Waals surface area contributed by atoms with E-state index in [1.807, 2.05) is 31.2 Å². The van der Waals surface area contributed by atoms with Crippen molar-refractivity contribution in [3.8, 4) is 0 Å². The first-order valence-electron chi connectivity index (χ1n) is 7.54. The van der Waals surface area contributed by atoms with E-state index in [9.17, 15) is 9.59 Å². The molecular formula is C17H19ClN2O3S. The number of hydrogen-bond acceptors (Lipinski definition) is 5. The molecular weight excluding hydrogens is 348 g/mol. The highest BCUT2D eigenvalue weighted by molar-refractivity contribution is 7.14. The molecule has 5 nitrogen and oxygen atoms in total. The lowest BCUT2D eigenvalue weighted by atomic mass is 10.1. The Hall–Kier alpha value is -1.89. The molecule has 2 rings (SSSR count). The fraction of sp³-hybridized carbons (Fsp3) is 0.294. The minimum Gasteiger partial charge on any atom is -0.462 e. The molecule has 128 valence electrons. The number of hydrogen-bond donors (Lipinski definition) is 2. The number of ether oxygens (including phenoxy) is 1.